The third kappa shape index (κ3) is 3.50. The maximum absolute atomic E-state index is 12.2. The highest BCUT2D eigenvalue weighted by atomic mass is 19.3. The highest BCUT2D eigenvalue weighted by Crippen LogP contribution is 2.14. The molecule has 0 saturated carbocycles. The summed E-state index contributed by atoms with van der Waals surface area (Å²) in [5.74, 6) is 0. The predicted molar refractivity (Wildman–Crippen MR) is 53.7 cm³/mol. The molecule has 84 valence electrons. The van der Waals surface area contributed by atoms with Crippen LogP contribution in [0.1, 0.15) is 26.2 Å². The predicted octanol–water partition coefficient (Wildman–Crippen LogP) is 1.71. The molecule has 2 atom stereocenters. The van der Waals surface area contributed by atoms with E-state index in [-0.39, 0.29) is 0 Å². The van der Waals surface area contributed by atoms with Crippen LogP contribution < -0.4 is 5.32 Å². The van der Waals surface area contributed by atoms with Crippen LogP contribution in [0.3, 0.4) is 0 Å². The van der Waals surface area contributed by atoms with Gasteiger partial charge < -0.3 is 10.2 Å². The summed E-state index contributed by atoms with van der Waals surface area (Å²) < 4.78 is 24.4. The second-order valence-electron chi connectivity index (χ2n) is 4.16. The quantitative estimate of drug-likeness (QED) is 0.753. The lowest BCUT2D eigenvalue weighted by Crippen LogP contribution is -2.46. The summed E-state index contributed by atoms with van der Waals surface area (Å²) >= 11 is 0. The third-order valence-corrected chi connectivity index (χ3v) is 2.97. The molecule has 0 aliphatic carbocycles. The molecule has 2 unspecified atom stereocenters. The van der Waals surface area contributed by atoms with Crippen molar-refractivity contribution in [1.29, 1.82) is 0 Å². The minimum Gasteiger partial charge on any atom is -0.308 e. The first-order valence-electron chi connectivity index (χ1n) is 5.33. The van der Waals surface area contributed by atoms with Crippen LogP contribution in [0.2, 0.25) is 0 Å². The number of hydrogen-bond donors (Lipinski definition) is 1. The van der Waals surface area contributed by atoms with E-state index in [1.54, 1.807) is 0 Å². The summed E-state index contributed by atoms with van der Waals surface area (Å²) in [7, 11) is 2.07. The number of hydrogen-bond acceptors (Lipinski definition) is 2. The monoisotopic (exact) mass is 206 g/mol. The number of alkyl halides is 2. The fraction of sp³-hybridized carbons (Fsp3) is 1.00. The number of likely N-dealkylation sites (N-methyl/N-ethyl adjacent to an activating group) is 1. The number of nitrogens with zero attached hydrogens (tertiary/aromatic N) is 1. The SMILES string of the molecule is CC(NCC1CCCCN1C)C(F)F. The Morgan fingerprint density at radius 3 is 2.71 bits per heavy atom. The van der Waals surface area contributed by atoms with Gasteiger partial charge in [0.15, 0.2) is 0 Å². The summed E-state index contributed by atoms with van der Waals surface area (Å²) in [5, 5.41) is 2.89. The van der Waals surface area contributed by atoms with Crippen LogP contribution in [0, 0.1) is 0 Å². The summed E-state index contributed by atoms with van der Waals surface area (Å²) in [5.41, 5.74) is 0. The number of likely N-dealkylation sites (tertiary alicyclic amines) is 1. The zero-order valence-corrected chi connectivity index (χ0v) is 8.97. The molecule has 1 saturated heterocycles. The van der Waals surface area contributed by atoms with Crippen molar-refractivity contribution < 1.29 is 8.78 Å². The Morgan fingerprint density at radius 1 is 1.43 bits per heavy atom. The van der Waals surface area contributed by atoms with E-state index < -0.39 is 12.5 Å². The Morgan fingerprint density at radius 2 is 2.14 bits per heavy atom. The first-order valence-corrected chi connectivity index (χ1v) is 5.33. The minimum atomic E-state index is -2.26. The molecule has 1 aliphatic heterocycles. The molecule has 0 amide bonds. The Balaban J connectivity index is 2.22. The van der Waals surface area contributed by atoms with Crippen LogP contribution in [-0.2, 0) is 0 Å². The zero-order valence-electron chi connectivity index (χ0n) is 8.97. The minimum absolute atomic E-state index is 0.435. The third-order valence-electron chi connectivity index (χ3n) is 2.97. The largest absolute Gasteiger partial charge is 0.308 e. The van der Waals surface area contributed by atoms with Crippen molar-refractivity contribution in [3.63, 3.8) is 0 Å². The van der Waals surface area contributed by atoms with Crippen LogP contribution in [0.4, 0.5) is 8.78 Å². The lowest BCUT2D eigenvalue weighted by Gasteiger charge is -2.33. The van der Waals surface area contributed by atoms with Gasteiger partial charge in [-0.3, -0.25) is 0 Å². The van der Waals surface area contributed by atoms with Crippen LogP contribution in [0.5, 0.6) is 0 Å². The van der Waals surface area contributed by atoms with E-state index in [9.17, 15) is 8.78 Å². The summed E-state index contributed by atoms with van der Waals surface area (Å²) in [4.78, 5) is 2.26. The van der Waals surface area contributed by atoms with E-state index in [1.165, 1.54) is 19.8 Å². The van der Waals surface area contributed by atoms with Crippen molar-refractivity contribution in [3.8, 4) is 0 Å². The van der Waals surface area contributed by atoms with E-state index in [1.807, 2.05) is 0 Å². The number of nitrogens with one attached hydrogen (secondary N) is 1. The van der Waals surface area contributed by atoms with Crippen molar-refractivity contribution in [2.75, 3.05) is 20.1 Å². The first-order chi connectivity index (χ1) is 6.61. The van der Waals surface area contributed by atoms with Gasteiger partial charge in [0.2, 0.25) is 0 Å². The van der Waals surface area contributed by atoms with Gasteiger partial charge in [-0.1, -0.05) is 6.42 Å². The molecule has 4 heteroatoms. The summed E-state index contributed by atoms with van der Waals surface area (Å²) in [6.07, 6.45) is 1.32. The molecule has 2 nitrogen and oxygen atoms in total. The molecular formula is C10H20F2N2. The molecule has 0 bridgehead atoms. The fourth-order valence-electron chi connectivity index (χ4n) is 1.81. The maximum Gasteiger partial charge on any atom is 0.253 e. The van der Waals surface area contributed by atoms with Crippen molar-refractivity contribution in [2.24, 2.45) is 0 Å². The maximum atomic E-state index is 12.2. The van der Waals surface area contributed by atoms with Gasteiger partial charge in [-0.15, -0.1) is 0 Å². The summed E-state index contributed by atoms with van der Waals surface area (Å²) in [6, 6.07) is -0.254. The molecule has 1 N–H and O–H groups in total. The zero-order chi connectivity index (χ0) is 10.6. The van der Waals surface area contributed by atoms with Gasteiger partial charge in [-0.2, -0.15) is 0 Å². The second kappa shape index (κ2) is 5.61. The second-order valence-corrected chi connectivity index (χ2v) is 4.16. The lowest BCUT2D eigenvalue weighted by atomic mass is 10.0. The van der Waals surface area contributed by atoms with Crippen molar-refractivity contribution in [3.05, 3.63) is 0 Å². The van der Waals surface area contributed by atoms with Crippen molar-refractivity contribution in [2.45, 2.75) is 44.7 Å². The molecular weight excluding hydrogens is 186 g/mol. The van der Waals surface area contributed by atoms with Gasteiger partial charge >= 0.3 is 0 Å². The van der Waals surface area contributed by atoms with Gasteiger partial charge in [-0.25, -0.2) is 8.78 Å². The number of piperidine rings is 1. The number of rotatable bonds is 4. The Labute approximate surface area is 84.7 Å². The average Bonchev–Trinajstić information content (AvgIpc) is 2.16. The van der Waals surface area contributed by atoms with Crippen LogP contribution >= 0.6 is 0 Å². The smallest absolute Gasteiger partial charge is 0.253 e. The highest BCUT2D eigenvalue weighted by molar-refractivity contribution is 4.77. The van der Waals surface area contributed by atoms with Gasteiger partial charge in [0, 0.05) is 12.6 Å². The van der Waals surface area contributed by atoms with E-state index >= 15 is 0 Å². The Bertz CT molecular complexity index is 164. The van der Waals surface area contributed by atoms with E-state index in [2.05, 4.69) is 17.3 Å². The van der Waals surface area contributed by atoms with E-state index in [0.717, 1.165) is 13.0 Å². The van der Waals surface area contributed by atoms with Crippen molar-refractivity contribution in [1.82, 2.24) is 10.2 Å². The Hall–Kier alpha value is -0.220. The van der Waals surface area contributed by atoms with Gasteiger partial charge in [0.1, 0.15) is 0 Å². The lowest BCUT2D eigenvalue weighted by molar-refractivity contribution is 0.0966. The summed E-state index contributed by atoms with van der Waals surface area (Å²) in [6.45, 7) is 3.31. The van der Waals surface area contributed by atoms with Gasteiger partial charge in [0.05, 0.1) is 6.04 Å². The molecule has 0 aromatic rings. The highest BCUT2D eigenvalue weighted by Gasteiger charge is 2.21. The van der Waals surface area contributed by atoms with Gasteiger partial charge in [-0.05, 0) is 33.4 Å². The van der Waals surface area contributed by atoms with Crippen LogP contribution in [0.15, 0.2) is 0 Å². The van der Waals surface area contributed by atoms with E-state index in [0.29, 0.717) is 12.6 Å². The number of halogens is 2. The molecule has 0 aromatic carbocycles. The molecule has 1 fully saturated rings. The average molecular weight is 206 g/mol. The van der Waals surface area contributed by atoms with Gasteiger partial charge in [0.25, 0.3) is 6.43 Å². The normalized spacial score (nSPS) is 26.8. The van der Waals surface area contributed by atoms with Crippen LogP contribution in [-0.4, -0.2) is 43.5 Å². The fourth-order valence-corrected chi connectivity index (χ4v) is 1.81. The molecule has 0 aromatic heterocycles. The molecule has 1 heterocycles. The molecule has 1 aliphatic rings. The topological polar surface area (TPSA) is 15.3 Å². The van der Waals surface area contributed by atoms with Crippen molar-refractivity contribution >= 4 is 0 Å². The molecule has 0 spiro atoms. The molecule has 14 heavy (non-hydrogen) atoms. The van der Waals surface area contributed by atoms with E-state index in [4.69, 9.17) is 0 Å². The molecule has 0 radical (unpaired) electrons. The standard InChI is InChI=1S/C10H20F2N2/c1-8(10(11)12)13-7-9-5-3-4-6-14(9)2/h8-10,13H,3-7H2,1-2H3. The first kappa shape index (κ1) is 11.9. The van der Waals surface area contributed by atoms with Crippen LogP contribution in [0.25, 0.3) is 0 Å². The molecule has 1 rings (SSSR count). The Kier molecular flexibility index (Phi) is 4.75.